The Hall–Kier alpha value is -3.83. The molecule has 11 rings (SSSR count). The van der Waals surface area contributed by atoms with Gasteiger partial charge in [0.1, 0.15) is 22.7 Å². The summed E-state index contributed by atoms with van der Waals surface area (Å²) in [5, 5.41) is 3.62. The predicted octanol–water partition coefficient (Wildman–Crippen LogP) is 6.99. The van der Waals surface area contributed by atoms with Crippen molar-refractivity contribution in [1.29, 1.82) is 0 Å². The summed E-state index contributed by atoms with van der Waals surface area (Å²) in [5.41, 5.74) is 4.24. The Kier molecular flexibility index (Phi) is 7.80. The van der Waals surface area contributed by atoms with Crippen LogP contribution in [0.2, 0.25) is 0 Å². The molecule has 11 heteroatoms. The Bertz CT molecular complexity index is 1920. The average Bonchev–Trinajstić information content (AvgIpc) is 3.73. The maximum Gasteiger partial charge on any atom is 0.340 e. The summed E-state index contributed by atoms with van der Waals surface area (Å²) in [5.74, 6) is 1.17. The Balaban J connectivity index is 1.30. The summed E-state index contributed by atoms with van der Waals surface area (Å²) < 4.78 is 12.4. The van der Waals surface area contributed by atoms with E-state index in [2.05, 4.69) is 37.4 Å². The predicted molar refractivity (Wildman–Crippen MR) is 192 cm³/mol. The molecule has 1 saturated heterocycles. The number of carbonyl (C=O) groups excluding carboxylic acids is 4. The van der Waals surface area contributed by atoms with Crippen molar-refractivity contribution >= 4 is 57.2 Å². The van der Waals surface area contributed by atoms with Crippen molar-refractivity contribution in [2.24, 2.45) is 29.1 Å². The van der Waals surface area contributed by atoms with Crippen LogP contribution in [0.25, 0.3) is 6.08 Å². The highest BCUT2D eigenvalue weighted by molar-refractivity contribution is 8.77. The number of fused-ring (bicyclic) bond motifs is 6. The van der Waals surface area contributed by atoms with Gasteiger partial charge < -0.3 is 14.8 Å². The number of nitrogens with zero attached hydrogens (tertiary/aromatic N) is 2. The number of imide groups is 1. The van der Waals surface area contributed by atoms with Crippen molar-refractivity contribution < 1.29 is 28.7 Å². The van der Waals surface area contributed by atoms with Gasteiger partial charge in [-0.25, -0.2) is 14.6 Å². The summed E-state index contributed by atoms with van der Waals surface area (Å²) in [6, 6.07) is 1.97. The zero-order valence-electron chi connectivity index (χ0n) is 28.1. The normalized spacial score (nSPS) is 35.8. The van der Waals surface area contributed by atoms with Crippen LogP contribution < -0.4 is 5.32 Å². The molecule has 4 aliphatic carbocycles. The van der Waals surface area contributed by atoms with E-state index >= 15 is 0 Å². The molecule has 1 aromatic rings. The fourth-order valence-corrected chi connectivity index (χ4v) is 12.6. The summed E-state index contributed by atoms with van der Waals surface area (Å²) in [6.07, 6.45) is 18.4. The molecule has 258 valence electrons. The molecule has 7 atom stereocenters. The second-order valence-corrected chi connectivity index (χ2v) is 17.3. The van der Waals surface area contributed by atoms with E-state index in [1.54, 1.807) is 27.8 Å². The standard InChI is InChI=1S/C39H39N3O6S2/c1-3-4-5-27-25-8-7-23-22-14-16-39(34(23)33(25)37(45)47-27)28-10-6-20(2)19-49-50-29-11-9-24-21(15-17-40-36(24)41-29)26(32(22)35(39)38(46)48-28)18-42-30(43)12-13-31(42)44/h5,9-13,15,17,20,22-23,26,29,34H,3-4,6-8,14,16,18-19H2,1-2H3,(H,40,41)/b27-5-,28-10-/t20-,22+,23+,26+,29-,34-,39+/m1/s1. The second kappa shape index (κ2) is 12.1. The van der Waals surface area contributed by atoms with Crippen molar-refractivity contribution in [3.8, 4) is 0 Å². The first kappa shape index (κ1) is 32.1. The highest BCUT2D eigenvalue weighted by Gasteiger charge is 2.69. The van der Waals surface area contributed by atoms with Crippen LogP contribution in [0.3, 0.4) is 0 Å². The lowest BCUT2D eigenvalue weighted by molar-refractivity contribution is -0.137. The smallest absolute Gasteiger partial charge is 0.340 e. The van der Waals surface area contributed by atoms with Crippen LogP contribution in [0, 0.1) is 29.1 Å². The largest absolute Gasteiger partial charge is 0.427 e. The van der Waals surface area contributed by atoms with Crippen LogP contribution in [0.5, 0.6) is 0 Å². The van der Waals surface area contributed by atoms with E-state index in [1.165, 1.54) is 17.1 Å². The number of esters is 2. The minimum atomic E-state index is -0.841. The van der Waals surface area contributed by atoms with E-state index in [-0.39, 0.29) is 53.4 Å². The zero-order valence-corrected chi connectivity index (χ0v) is 29.7. The number of hydrogen-bond donors (Lipinski definition) is 1. The maximum absolute atomic E-state index is 14.6. The minimum Gasteiger partial charge on any atom is -0.427 e. The monoisotopic (exact) mass is 709 g/mol. The molecule has 10 aliphatic rings. The number of hydrogen-bond acceptors (Lipinski definition) is 10. The van der Waals surface area contributed by atoms with Gasteiger partial charge in [0.05, 0.1) is 11.0 Å². The molecular weight excluding hydrogens is 671 g/mol. The molecule has 0 radical (unpaired) electrons. The molecule has 50 heavy (non-hydrogen) atoms. The summed E-state index contributed by atoms with van der Waals surface area (Å²) >= 11 is 0. The van der Waals surface area contributed by atoms with Crippen LogP contribution >= 0.6 is 21.6 Å². The van der Waals surface area contributed by atoms with Gasteiger partial charge in [-0.1, -0.05) is 54.0 Å². The van der Waals surface area contributed by atoms with E-state index in [4.69, 9.17) is 14.5 Å². The van der Waals surface area contributed by atoms with Gasteiger partial charge in [0, 0.05) is 59.2 Å². The molecule has 1 saturated carbocycles. The van der Waals surface area contributed by atoms with E-state index in [0.29, 0.717) is 35.0 Å². The van der Waals surface area contributed by atoms with E-state index in [9.17, 15) is 19.2 Å². The average molecular weight is 710 g/mol. The second-order valence-electron chi connectivity index (χ2n) is 14.7. The first-order chi connectivity index (χ1) is 24.3. The number of ether oxygens (including phenoxy) is 2. The van der Waals surface area contributed by atoms with E-state index in [1.807, 2.05) is 12.1 Å². The first-order valence-electron chi connectivity index (χ1n) is 17.9. The molecule has 9 nitrogen and oxygen atoms in total. The zero-order chi connectivity index (χ0) is 34.3. The number of nitrogens with one attached hydrogen (secondary N) is 1. The SMILES string of the molecule is CCC/C=C1\OC(=O)C2=C1CC[C@H]1[C@@H]3CC[C@@]4(C5=C3[C@@H](CN3C(=O)C=CC3=O)c3ccnc6c3C=C[C@H](N6)SSC[C@H](C)C/C=C/4OC5=O)[C@@H]21. The molecular formula is C39H39N3O6S2. The Morgan fingerprint density at radius 1 is 1.10 bits per heavy atom. The highest BCUT2D eigenvalue weighted by Crippen LogP contribution is 2.72. The van der Waals surface area contributed by atoms with Gasteiger partial charge >= 0.3 is 11.9 Å². The van der Waals surface area contributed by atoms with Gasteiger partial charge in [0.25, 0.3) is 11.8 Å². The maximum atomic E-state index is 14.6. The lowest BCUT2D eigenvalue weighted by Gasteiger charge is -2.57. The molecule has 1 aromatic heterocycles. The Morgan fingerprint density at radius 3 is 2.76 bits per heavy atom. The topological polar surface area (TPSA) is 115 Å². The number of rotatable bonds is 4. The lowest BCUT2D eigenvalue weighted by atomic mass is 9.43. The van der Waals surface area contributed by atoms with Gasteiger partial charge in [0.15, 0.2) is 0 Å². The van der Waals surface area contributed by atoms with E-state index in [0.717, 1.165) is 72.4 Å². The number of allylic oxidation sites excluding steroid dienone is 4. The molecule has 9 bridgehead atoms. The number of carbonyl (C=O) groups is 4. The van der Waals surface area contributed by atoms with Crippen LogP contribution in [-0.4, -0.2) is 51.3 Å². The highest BCUT2D eigenvalue weighted by atomic mass is 33.1. The van der Waals surface area contributed by atoms with Crippen LogP contribution in [0.15, 0.2) is 76.5 Å². The Labute approximate surface area is 299 Å². The molecule has 2 fully saturated rings. The number of pyridine rings is 1. The fourth-order valence-electron chi connectivity index (χ4n) is 9.95. The van der Waals surface area contributed by atoms with Gasteiger partial charge in [-0.05, 0) is 85.6 Å². The number of anilines is 1. The molecule has 2 amide bonds. The Morgan fingerprint density at radius 2 is 1.94 bits per heavy atom. The molecule has 1 N–H and O–H groups in total. The summed E-state index contributed by atoms with van der Waals surface area (Å²) in [6.45, 7) is 4.42. The van der Waals surface area contributed by atoms with Crippen LogP contribution in [0.1, 0.15) is 75.8 Å². The van der Waals surface area contributed by atoms with Crippen molar-refractivity contribution in [2.45, 2.75) is 70.1 Å². The number of cyclic esters (lactones) is 1. The van der Waals surface area contributed by atoms with Crippen molar-refractivity contribution in [2.75, 3.05) is 17.6 Å². The number of amides is 2. The third-order valence-electron chi connectivity index (χ3n) is 12.0. The van der Waals surface area contributed by atoms with Crippen molar-refractivity contribution in [1.82, 2.24) is 9.88 Å². The van der Waals surface area contributed by atoms with Gasteiger partial charge in [-0.3, -0.25) is 14.5 Å². The number of unbranched alkanes of at least 4 members (excludes halogenated alkanes) is 1. The summed E-state index contributed by atoms with van der Waals surface area (Å²) in [7, 11) is 3.55. The fraction of sp³-hybridized carbons (Fsp3) is 0.462. The molecule has 0 aromatic carbocycles. The molecule has 1 spiro atoms. The third-order valence-corrected chi connectivity index (χ3v) is 14.8. The van der Waals surface area contributed by atoms with Crippen molar-refractivity contribution in [3.63, 3.8) is 0 Å². The first-order valence-corrected chi connectivity index (χ1v) is 20.3. The summed E-state index contributed by atoms with van der Waals surface area (Å²) in [4.78, 5) is 60.8. The van der Waals surface area contributed by atoms with Crippen LogP contribution in [0.4, 0.5) is 5.82 Å². The minimum absolute atomic E-state index is 0.0306. The van der Waals surface area contributed by atoms with Crippen molar-refractivity contribution in [3.05, 3.63) is 87.6 Å². The molecule has 6 aliphatic heterocycles. The molecule has 7 heterocycles. The van der Waals surface area contributed by atoms with Gasteiger partial charge in [0.2, 0.25) is 0 Å². The van der Waals surface area contributed by atoms with Gasteiger partial charge in [-0.2, -0.15) is 0 Å². The van der Waals surface area contributed by atoms with E-state index < -0.39 is 11.3 Å². The quantitative estimate of drug-likeness (QED) is 0.199. The lowest BCUT2D eigenvalue weighted by Crippen LogP contribution is -2.53. The number of aromatic nitrogens is 1. The molecule has 0 unspecified atom stereocenters. The van der Waals surface area contributed by atoms with Crippen LogP contribution in [-0.2, 0) is 28.7 Å². The van der Waals surface area contributed by atoms with Gasteiger partial charge in [-0.15, -0.1) is 0 Å². The third kappa shape index (κ3) is 4.71.